The van der Waals surface area contributed by atoms with Gasteiger partial charge in [0.2, 0.25) is 0 Å². The summed E-state index contributed by atoms with van der Waals surface area (Å²) in [5.74, 6) is 0.138. The average Bonchev–Trinajstić information content (AvgIpc) is 2.94. The fourth-order valence-corrected chi connectivity index (χ4v) is 2.32. The highest BCUT2D eigenvalue weighted by Gasteiger charge is 2.17. The van der Waals surface area contributed by atoms with Crippen molar-refractivity contribution in [1.29, 1.82) is 0 Å². The van der Waals surface area contributed by atoms with Crippen molar-refractivity contribution in [3.05, 3.63) is 52.3 Å². The van der Waals surface area contributed by atoms with Gasteiger partial charge in [0.05, 0.1) is 6.04 Å². The van der Waals surface area contributed by atoms with Gasteiger partial charge in [-0.25, -0.2) is 0 Å². The predicted molar refractivity (Wildman–Crippen MR) is 84.6 cm³/mol. The molecule has 1 aromatic carbocycles. The van der Waals surface area contributed by atoms with Crippen molar-refractivity contribution in [2.45, 2.75) is 39.2 Å². The monoisotopic (exact) mass is 305 g/mol. The highest BCUT2D eigenvalue weighted by Crippen LogP contribution is 2.21. The first kappa shape index (κ1) is 15.6. The van der Waals surface area contributed by atoms with Gasteiger partial charge in [0.1, 0.15) is 5.69 Å². The number of nitrogens with zero attached hydrogens (tertiary/aromatic N) is 1. The molecule has 2 aromatic rings. The SMILES string of the molecule is CCC(NC(=O)c1cc(C(C)C)[nH]n1)c1cccc(Cl)c1. The minimum absolute atomic E-state index is 0.0737. The van der Waals surface area contributed by atoms with E-state index in [4.69, 9.17) is 11.6 Å². The van der Waals surface area contributed by atoms with Crippen molar-refractivity contribution in [3.63, 3.8) is 0 Å². The van der Waals surface area contributed by atoms with E-state index in [9.17, 15) is 4.79 Å². The van der Waals surface area contributed by atoms with Gasteiger partial charge in [-0.05, 0) is 36.1 Å². The molecule has 0 saturated heterocycles. The van der Waals surface area contributed by atoms with Gasteiger partial charge >= 0.3 is 0 Å². The normalized spacial score (nSPS) is 12.4. The highest BCUT2D eigenvalue weighted by molar-refractivity contribution is 6.30. The van der Waals surface area contributed by atoms with Crippen LogP contribution in [0.2, 0.25) is 5.02 Å². The summed E-state index contributed by atoms with van der Waals surface area (Å²) in [6.45, 7) is 6.13. The summed E-state index contributed by atoms with van der Waals surface area (Å²) in [6.07, 6.45) is 0.785. The lowest BCUT2D eigenvalue weighted by atomic mass is 10.0. The van der Waals surface area contributed by atoms with Crippen LogP contribution in [0, 0.1) is 0 Å². The van der Waals surface area contributed by atoms with Crippen LogP contribution in [0.3, 0.4) is 0 Å². The third-order valence-electron chi connectivity index (χ3n) is 3.42. The number of rotatable bonds is 5. The molecule has 1 amide bonds. The average molecular weight is 306 g/mol. The zero-order chi connectivity index (χ0) is 15.4. The Morgan fingerprint density at radius 1 is 1.38 bits per heavy atom. The van der Waals surface area contributed by atoms with Gasteiger partial charge in [0.15, 0.2) is 0 Å². The van der Waals surface area contributed by atoms with E-state index in [0.29, 0.717) is 16.6 Å². The number of nitrogens with one attached hydrogen (secondary N) is 2. The van der Waals surface area contributed by atoms with Crippen LogP contribution in [-0.2, 0) is 0 Å². The molecule has 4 nitrogen and oxygen atoms in total. The Kier molecular flexibility index (Phi) is 5.02. The van der Waals surface area contributed by atoms with E-state index >= 15 is 0 Å². The molecule has 0 bridgehead atoms. The number of amides is 1. The zero-order valence-electron chi connectivity index (χ0n) is 12.5. The Hall–Kier alpha value is -1.81. The first-order valence-corrected chi connectivity index (χ1v) is 7.50. The fraction of sp³-hybridized carbons (Fsp3) is 0.375. The van der Waals surface area contributed by atoms with Crippen LogP contribution >= 0.6 is 11.6 Å². The third-order valence-corrected chi connectivity index (χ3v) is 3.65. The van der Waals surface area contributed by atoms with Gasteiger partial charge in [0.25, 0.3) is 5.91 Å². The molecule has 1 aromatic heterocycles. The van der Waals surface area contributed by atoms with Crippen LogP contribution < -0.4 is 5.32 Å². The first-order valence-electron chi connectivity index (χ1n) is 7.13. The number of H-pyrrole nitrogens is 1. The third kappa shape index (κ3) is 3.85. The molecule has 1 atom stereocenters. The summed E-state index contributed by atoms with van der Waals surface area (Å²) in [5, 5.41) is 10.6. The molecule has 1 unspecified atom stereocenters. The van der Waals surface area contributed by atoms with Crippen LogP contribution in [-0.4, -0.2) is 16.1 Å². The molecular formula is C16H20ClN3O. The van der Waals surface area contributed by atoms with E-state index in [0.717, 1.165) is 17.7 Å². The largest absolute Gasteiger partial charge is 0.344 e. The van der Waals surface area contributed by atoms with Gasteiger partial charge in [-0.15, -0.1) is 0 Å². The second kappa shape index (κ2) is 6.76. The second-order valence-corrected chi connectivity index (χ2v) is 5.79. The fourth-order valence-electron chi connectivity index (χ4n) is 2.13. The van der Waals surface area contributed by atoms with Crippen molar-refractivity contribution in [3.8, 4) is 0 Å². The van der Waals surface area contributed by atoms with E-state index in [1.54, 1.807) is 6.07 Å². The molecule has 1 heterocycles. The van der Waals surface area contributed by atoms with Crippen molar-refractivity contribution >= 4 is 17.5 Å². The van der Waals surface area contributed by atoms with E-state index in [2.05, 4.69) is 29.4 Å². The number of hydrogen-bond donors (Lipinski definition) is 2. The molecule has 0 aliphatic heterocycles. The molecule has 112 valence electrons. The smallest absolute Gasteiger partial charge is 0.272 e. The predicted octanol–water partition coefficient (Wildman–Crippen LogP) is 4.07. The molecular weight excluding hydrogens is 286 g/mol. The van der Waals surface area contributed by atoms with E-state index in [-0.39, 0.29) is 11.9 Å². The van der Waals surface area contributed by atoms with Crippen LogP contribution in [0.5, 0.6) is 0 Å². The molecule has 2 rings (SSSR count). The molecule has 0 saturated carbocycles. The van der Waals surface area contributed by atoms with Crippen LogP contribution in [0.1, 0.15) is 60.9 Å². The van der Waals surface area contributed by atoms with E-state index < -0.39 is 0 Å². The maximum Gasteiger partial charge on any atom is 0.272 e. The van der Waals surface area contributed by atoms with Gasteiger partial charge < -0.3 is 5.32 Å². The number of benzene rings is 1. The molecule has 0 fully saturated rings. The molecule has 0 radical (unpaired) electrons. The minimum Gasteiger partial charge on any atom is -0.344 e. The summed E-state index contributed by atoms with van der Waals surface area (Å²) in [7, 11) is 0. The second-order valence-electron chi connectivity index (χ2n) is 5.35. The zero-order valence-corrected chi connectivity index (χ0v) is 13.2. The van der Waals surface area contributed by atoms with Crippen LogP contribution in [0.15, 0.2) is 30.3 Å². The summed E-state index contributed by atoms with van der Waals surface area (Å²) in [6, 6.07) is 9.27. The number of hydrogen-bond acceptors (Lipinski definition) is 2. The van der Waals surface area contributed by atoms with Crippen molar-refractivity contribution in [2.75, 3.05) is 0 Å². The topological polar surface area (TPSA) is 57.8 Å². The summed E-state index contributed by atoms with van der Waals surface area (Å²) in [5.41, 5.74) is 2.37. The van der Waals surface area contributed by atoms with Crippen LogP contribution in [0.25, 0.3) is 0 Å². The lowest BCUT2D eigenvalue weighted by Gasteiger charge is -2.17. The van der Waals surface area contributed by atoms with Gasteiger partial charge in [-0.1, -0.05) is 44.5 Å². The Labute approximate surface area is 129 Å². The Balaban J connectivity index is 2.12. The van der Waals surface area contributed by atoms with E-state index in [1.807, 2.05) is 31.2 Å². The molecule has 2 N–H and O–H groups in total. The van der Waals surface area contributed by atoms with Crippen LogP contribution in [0.4, 0.5) is 0 Å². The van der Waals surface area contributed by atoms with Gasteiger partial charge in [0, 0.05) is 10.7 Å². The lowest BCUT2D eigenvalue weighted by molar-refractivity contribution is 0.0930. The standard InChI is InChI=1S/C16H20ClN3O/c1-4-13(11-6-5-7-12(17)8-11)18-16(21)15-9-14(10(2)3)19-20-15/h5-10,13H,4H2,1-3H3,(H,18,21)(H,19,20). The maximum atomic E-state index is 12.3. The maximum absolute atomic E-state index is 12.3. The van der Waals surface area contributed by atoms with Gasteiger partial charge in [-0.2, -0.15) is 5.10 Å². The van der Waals surface area contributed by atoms with E-state index in [1.165, 1.54) is 0 Å². The first-order chi connectivity index (χ1) is 10.0. The molecule has 0 aliphatic rings. The Bertz CT molecular complexity index is 621. The van der Waals surface area contributed by atoms with Gasteiger partial charge in [-0.3, -0.25) is 9.89 Å². The number of carbonyl (C=O) groups is 1. The van der Waals surface area contributed by atoms with Crippen molar-refractivity contribution in [2.24, 2.45) is 0 Å². The lowest BCUT2D eigenvalue weighted by Crippen LogP contribution is -2.28. The summed E-state index contributed by atoms with van der Waals surface area (Å²) >= 11 is 6.01. The highest BCUT2D eigenvalue weighted by atomic mass is 35.5. The minimum atomic E-state index is -0.176. The molecule has 0 aliphatic carbocycles. The Morgan fingerprint density at radius 3 is 2.71 bits per heavy atom. The Morgan fingerprint density at radius 2 is 2.14 bits per heavy atom. The van der Waals surface area contributed by atoms with Crippen molar-refractivity contribution < 1.29 is 4.79 Å². The number of aromatic nitrogens is 2. The quantitative estimate of drug-likeness (QED) is 0.875. The number of carbonyl (C=O) groups excluding carboxylic acids is 1. The summed E-state index contributed by atoms with van der Waals surface area (Å²) in [4.78, 5) is 12.3. The molecule has 21 heavy (non-hydrogen) atoms. The summed E-state index contributed by atoms with van der Waals surface area (Å²) < 4.78 is 0. The van der Waals surface area contributed by atoms with Crippen molar-refractivity contribution in [1.82, 2.24) is 15.5 Å². The number of aromatic amines is 1. The molecule has 0 spiro atoms. The number of halogens is 1. The molecule has 5 heteroatoms.